The molecule has 1 atom stereocenters. The summed E-state index contributed by atoms with van der Waals surface area (Å²) in [5.41, 5.74) is 4.99. The van der Waals surface area contributed by atoms with Gasteiger partial charge in [0.1, 0.15) is 0 Å². The second-order valence-electron chi connectivity index (χ2n) is 7.15. The van der Waals surface area contributed by atoms with Crippen molar-refractivity contribution in [2.75, 3.05) is 13.1 Å². The summed E-state index contributed by atoms with van der Waals surface area (Å²) < 4.78 is 38.8. The predicted octanol–water partition coefficient (Wildman–Crippen LogP) is 3.32. The molecule has 1 saturated heterocycles. The normalized spacial score (nSPS) is 22.3. The Labute approximate surface area is 140 Å². The molecule has 132 valence electrons. The van der Waals surface area contributed by atoms with Crippen molar-refractivity contribution in [3.63, 3.8) is 0 Å². The van der Waals surface area contributed by atoms with Gasteiger partial charge in [0.25, 0.3) is 0 Å². The van der Waals surface area contributed by atoms with E-state index in [0.717, 1.165) is 25.0 Å². The third-order valence-corrected chi connectivity index (χ3v) is 5.47. The number of hydrogen-bond acceptors (Lipinski definition) is 2. The number of carbonyl (C=O) groups excluding carboxylic acids is 1. The molecule has 0 bridgehead atoms. The van der Waals surface area contributed by atoms with Gasteiger partial charge in [-0.1, -0.05) is 18.2 Å². The number of hydrogen-bond donors (Lipinski definition) is 1. The molecule has 2 fully saturated rings. The van der Waals surface area contributed by atoms with E-state index in [2.05, 4.69) is 0 Å². The highest BCUT2D eigenvalue weighted by Gasteiger charge is 2.53. The predicted molar refractivity (Wildman–Crippen MR) is 85.3 cm³/mol. The summed E-state index contributed by atoms with van der Waals surface area (Å²) in [6, 6.07) is 5.35. The zero-order chi connectivity index (χ0) is 17.5. The van der Waals surface area contributed by atoms with Crippen LogP contribution >= 0.6 is 0 Å². The molecule has 1 aromatic carbocycles. The van der Waals surface area contributed by atoms with Crippen LogP contribution in [0.2, 0.25) is 0 Å². The first kappa shape index (κ1) is 17.3. The first-order chi connectivity index (χ1) is 11.2. The number of piperidine rings is 1. The lowest BCUT2D eigenvalue weighted by molar-refractivity contribution is -0.138. The minimum absolute atomic E-state index is 0.0232. The molecule has 2 N–H and O–H groups in total. The van der Waals surface area contributed by atoms with Crippen LogP contribution in [0.15, 0.2) is 24.3 Å². The molecule has 3 rings (SSSR count). The van der Waals surface area contributed by atoms with Crippen LogP contribution in [0.4, 0.5) is 13.2 Å². The number of rotatable bonds is 3. The molecule has 3 nitrogen and oxygen atoms in total. The Hall–Kier alpha value is -1.56. The van der Waals surface area contributed by atoms with Gasteiger partial charge in [-0.25, -0.2) is 0 Å². The Kier molecular flexibility index (Phi) is 4.36. The average Bonchev–Trinajstić information content (AvgIpc) is 3.35. The number of halogens is 3. The molecule has 0 radical (unpaired) electrons. The molecule has 6 heteroatoms. The van der Waals surface area contributed by atoms with Crippen LogP contribution in [0.5, 0.6) is 0 Å². The minimum Gasteiger partial charge on any atom is -0.342 e. The molecule has 1 amide bonds. The van der Waals surface area contributed by atoms with Gasteiger partial charge in [0.05, 0.1) is 11.0 Å². The molecule has 0 spiro atoms. The van der Waals surface area contributed by atoms with Gasteiger partial charge >= 0.3 is 6.18 Å². The van der Waals surface area contributed by atoms with Crippen molar-refractivity contribution in [3.05, 3.63) is 35.4 Å². The number of alkyl halides is 3. The zero-order valence-electron chi connectivity index (χ0n) is 13.8. The van der Waals surface area contributed by atoms with Crippen LogP contribution < -0.4 is 5.73 Å². The van der Waals surface area contributed by atoms with E-state index in [1.54, 1.807) is 6.07 Å². The number of nitrogens with two attached hydrogens (primary N) is 1. The maximum atomic E-state index is 12.9. The van der Waals surface area contributed by atoms with E-state index in [1.807, 2.05) is 11.8 Å². The van der Waals surface area contributed by atoms with Crippen molar-refractivity contribution < 1.29 is 18.0 Å². The molecular weight excluding hydrogens is 317 g/mol. The zero-order valence-corrected chi connectivity index (χ0v) is 13.8. The summed E-state index contributed by atoms with van der Waals surface area (Å²) in [5, 5.41) is 0. The van der Waals surface area contributed by atoms with E-state index in [9.17, 15) is 18.0 Å². The Balaban J connectivity index is 1.76. The highest BCUT2D eigenvalue weighted by Crippen LogP contribution is 2.50. The van der Waals surface area contributed by atoms with Gasteiger partial charge in [0.15, 0.2) is 0 Å². The van der Waals surface area contributed by atoms with E-state index >= 15 is 0 Å². The van der Waals surface area contributed by atoms with Gasteiger partial charge in [-0.15, -0.1) is 0 Å². The van der Waals surface area contributed by atoms with Gasteiger partial charge < -0.3 is 10.6 Å². The molecule has 2 aliphatic rings. The van der Waals surface area contributed by atoms with Crippen molar-refractivity contribution in [2.45, 2.75) is 50.2 Å². The largest absolute Gasteiger partial charge is 0.416 e. The molecule has 0 aromatic heterocycles. The number of benzene rings is 1. The summed E-state index contributed by atoms with van der Waals surface area (Å²) in [6.45, 7) is 3.27. The maximum Gasteiger partial charge on any atom is 0.416 e. The SMILES string of the molecule is CC(N)C1CCN(C(=O)C2(c3cccc(C(F)(F)F)c3)CC2)CC1. The fraction of sp³-hybridized carbons (Fsp3) is 0.611. The lowest BCUT2D eigenvalue weighted by Crippen LogP contribution is -2.46. The van der Waals surface area contributed by atoms with Crippen molar-refractivity contribution >= 4 is 5.91 Å². The summed E-state index contributed by atoms with van der Waals surface area (Å²) >= 11 is 0. The molecule has 1 aromatic rings. The van der Waals surface area contributed by atoms with Crippen LogP contribution in [0, 0.1) is 5.92 Å². The Bertz CT molecular complexity index is 615. The molecule has 1 unspecified atom stereocenters. The third kappa shape index (κ3) is 3.16. The summed E-state index contributed by atoms with van der Waals surface area (Å²) in [5.74, 6) is 0.391. The second-order valence-corrected chi connectivity index (χ2v) is 7.15. The lowest BCUT2D eigenvalue weighted by atomic mass is 9.88. The smallest absolute Gasteiger partial charge is 0.342 e. The van der Waals surface area contributed by atoms with Crippen LogP contribution in [0.1, 0.15) is 43.7 Å². The van der Waals surface area contributed by atoms with Crippen molar-refractivity contribution in [3.8, 4) is 0 Å². The quantitative estimate of drug-likeness (QED) is 0.917. The number of amides is 1. The van der Waals surface area contributed by atoms with Crippen molar-refractivity contribution in [2.24, 2.45) is 11.7 Å². The van der Waals surface area contributed by atoms with Crippen molar-refractivity contribution in [1.29, 1.82) is 0 Å². The van der Waals surface area contributed by atoms with E-state index in [-0.39, 0.29) is 11.9 Å². The Morgan fingerprint density at radius 1 is 1.29 bits per heavy atom. The summed E-state index contributed by atoms with van der Waals surface area (Å²) in [6.07, 6.45) is -1.41. The third-order valence-electron chi connectivity index (χ3n) is 5.47. The fourth-order valence-corrected chi connectivity index (χ4v) is 3.68. The van der Waals surface area contributed by atoms with Gasteiger partial charge in [-0.2, -0.15) is 13.2 Å². The van der Waals surface area contributed by atoms with Crippen LogP contribution in [0.3, 0.4) is 0 Å². The van der Waals surface area contributed by atoms with E-state index < -0.39 is 17.2 Å². The lowest BCUT2D eigenvalue weighted by Gasteiger charge is -2.36. The number of likely N-dealkylation sites (tertiary alicyclic amines) is 1. The highest BCUT2D eigenvalue weighted by atomic mass is 19.4. The first-order valence-corrected chi connectivity index (χ1v) is 8.47. The van der Waals surface area contributed by atoms with Gasteiger partial charge in [0, 0.05) is 19.1 Å². The van der Waals surface area contributed by atoms with E-state index in [1.165, 1.54) is 6.07 Å². The average molecular weight is 340 g/mol. The Morgan fingerprint density at radius 2 is 1.92 bits per heavy atom. The van der Waals surface area contributed by atoms with Crippen LogP contribution in [-0.2, 0) is 16.4 Å². The van der Waals surface area contributed by atoms with Crippen LogP contribution in [0.25, 0.3) is 0 Å². The maximum absolute atomic E-state index is 12.9. The number of carbonyl (C=O) groups is 1. The molecule has 1 saturated carbocycles. The van der Waals surface area contributed by atoms with Crippen molar-refractivity contribution in [1.82, 2.24) is 4.90 Å². The molecular formula is C18H23F3N2O. The minimum atomic E-state index is -4.38. The Morgan fingerprint density at radius 3 is 2.42 bits per heavy atom. The highest BCUT2D eigenvalue weighted by molar-refractivity contribution is 5.91. The van der Waals surface area contributed by atoms with E-state index in [4.69, 9.17) is 5.73 Å². The monoisotopic (exact) mass is 340 g/mol. The topological polar surface area (TPSA) is 46.3 Å². The van der Waals surface area contributed by atoms with Crippen LogP contribution in [-0.4, -0.2) is 29.9 Å². The number of nitrogens with zero attached hydrogens (tertiary/aromatic N) is 1. The standard InChI is InChI=1S/C18H23F3N2O/c1-12(22)13-5-9-23(10-6-13)16(24)17(7-8-17)14-3-2-4-15(11-14)18(19,20)21/h2-4,11-13H,5-10,22H2,1H3. The molecule has 1 aliphatic carbocycles. The molecule has 1 heterocycles. The summed E-state index contributed by atoms with van der Waals surface area (Å²) in [4.78, 5) is 14.7. The molecule has 1 aliphatic heterocycles. The summed E-state index contributed by atoms with van der Waals surface area (Å²) in [7, 11) is 0. The molecule has 24 heavy (non-hydrogen) atoms. The fourth-order valence-electron chi connectivity index (χ4n) is 3.68. The van der Waals surface area contributed by atoms with Gasteiger partial charge in [0.2, 0.25) is 5.91 Å². The van der Waals surface area contributed by atoms with E-state index in [0.29, 0.717) is 37.4 Å². The second kappa shape index (κ2) is 6.06. The van der Waals surface area contributed by atoms with Gasteiger partial charge in [-0.3, -0.25) is 4.79 Å². The first-order valence-electron chi connectivity index (χ1n) is 8.47. The van der Waals surface area contributed by atoms with Gasteiger partial charge in [-0.05, 0) is 50.2 Å².